The van der Waals surface area contributed by atoms with Crippen molar-refractivity contribution >= 4 is 0 Å². The van der Waals surface area contributed by atoms with E-state index in [0.717, 1.165) is 6.04 Å². The van der Waals surface area contributed by atoms with Gasteiger partial charge >= 0.3 is 0 Å². The molecule has 0 atom stereocenters. The van der Waals surface area contributed by atoms with Crippen LogP contribution in [0.2, 0.25) is 0 Å². The van der Waals surface area contributed by atoms with Crippen LogP contribution in [0.4, 0.5) is 0 Å². The number of hydrogen-bond acceptors (Lipinski definition) is 2. The zero-order valence-corrected chi connectivity index (χ0v) is 10.7. The van der Waals surface area contributed by atoms with Crippen molar-refractivity contribution in [1.29, 1.82) is 0 Å². The van der Waals surface area contributed by atoms with Crippen LogP contribution in [-0.2, 0) is 13.0 Å². The lowest BCUT2D eigenvalue weighted by Crippen LogP contribution is -2.45. The third kappa shape index (κ3) is 2.24. The van der Waals surface area contributed by atoms with Crippen LogP contribution in [-0.4, -0.2) is 30.6 Å². The topological polar surface area (TPSA) is 15.3 Å². The number of nitrogens with zero attached hydrogens (tertiary/aromatic N) is 1. The second-order valence-electron chi connectivity index (χ2n) is 5.41. The Morgan fingerprint density at radius 3 is 2.88 bits per heavy atom. The van der Waals surface area contributed by atoms with Gasteiger partial charge in [-0.15, -0.1) is 0 Å². The minimum absolute atomic E-state index is 0.810. The van der Waals surface area contributed by atoms with Crippen molar-refractivity contribution in [1.82, 2.24) is 10.2 Å². The van der Waals surface area contributed by atoms with Gasteiger partial charge in [0.05, 0.1) is 0 Å². The van der Waals surface area contributed by atoms with Crippen molar-refractivity contribution in [3.8, 4) is 0 Å². The molecule has 1 aromatic carbocycles. The molecule has 2 heterocycles. The summed E-state index contributed by atoms with van der Waals surface area (Å²) in [5, 5.41) is 3.46. The Kier molecular flexibility index (Phi) is 3.17. The predicted octanol–water partition coefficient (Wildman–Crippen LogP) is 2.11. The second-order valence-corrected chi connectivity index (χ2v) is 5.41. The lowest BCUT2D eigenvalue weighted by Gasteiger charge is -2.38. The molecule has 17 heavy (non-hydrogen) atoms. The second kappa shape index (κ2) is 4.79. The molecule has 0 saturated carbocycles. The standard InChI is InChI=1S/C15H22N2/c1-12-3-2-4-13-11-17(10-7-15(12)13)14-5-8-16-9-6-14/h2-4,14,16H,5-11H2,1H3. The van der Waals surface area contributed by atoms with Crippen molar-refractivity contribution in [3.05, 3.63) is 34.9 Å². The SMILES string of the molecule is Cc1cccc2c1CCN(C1CCNCC1)C2. The molecular weight excluding hydrogens is 208 g/mol. The van der Waals surface area contributed by atoms with Gasteiger partial charge in [0.15, 0.2) is 0 Å². The highest BCUT2D eigenvalue weighted by Gasteiger charge is 2.25. The first-order chi connectivity index (χ1) is 8.34. The smallest absolute Gasteiger partial charge is 0.0239 e. The first-order valence-electron chi connectivity index (χ1n) is 6.87. The average molecular weight is 230 g/mol. The van der Waals surface area contributed by atoms with Crippen LogP contribution < -0.4 is 5.32 Å². The third-order valence-electron chi connectivity index (χ3n) is 4.35. The van der Waals surface area contributed by atoms with E-state index in [-0.39, 0.29) is 0 Å². The van der Waals surface area contributed by atoms with Gasteiger partial charge < -0.3 is 5.32 Å². The molecule has 0 bridgehead atoms. The van der Waals surface area contributed by atoms with Crippen molar-refractivity contribution in [2.75, 3.05) is 19.6 Å². The number of piperidine rings is 1. The monoisotopic (exact) mass is 230 g/mol. The molecule has 2 aliphatic heterocycles. The summed E-state index contributed by atoms with van der Waals surface area (Å²) in [5.41, 5.74) is 4.65. The van der Waals surface area contributed by atoms with Gasteiger partial charge in [-0.25, -0.2) is 0 Å². The summed E-state index contributed by atoms with van der Waals surface area (Å²) in [6, 6.07) is 7.58. The molecule has 2 heteroatoms. The predicted molar refractivity (Wildman–Crippen MR) is 71.2 cm³/mol. The van der Waals surface area contributed by atoms with E-state index in [0.29, 0.717) is 0 Å². The van der Waals surface area contributed by atoms with Crippen LogP contribution in [0.25, 0.3) is 0 Å². The van der Waals surface area contributed by atoms with Crippen molar-refractivity contribution in [3.63, 3.8) is 0 Å². The van der Waals surface area contributed by atoms with E-state index in [1.807, 2.05) is 0 Å². The van der Waals surface area contributed by atoms with Crippen LogP contribution in [0.1, 0.15) is 29.5 Å². The van der Waals surface area contributed by atoms with E-state index in [4.69, 9.17) is 0 Å². The Labute approximate surface area is 104 Å². The van der Waals surface area contributed by atoms with Crippen molar-refractivity contribution < 1.29 is 0 Å². The zero-order chi connectivity index (χ0) is 11.7. The number of aryl methyl sites for hydroxylation is 1. The van der Waals surface area contributed by atoms with Gasteiger partial charge in [0.25, 0.3) is 0 Å². The van der Waals surface area contributed by atoms with Gasteiger partial charge in [0.1, 0.15) is 0 Å². The molecule has 0 unspecified atom stereocenters. The minimum atomic E-state index is 0.810. The molecule has 0 aromatic heterocycles. The van der Waals surface area contributed by atoms with E-state index in [1.54, 1.807) is 11.1 Å². The number of nitrogens with one attached hydrogen (secondary N) is 1. The van der Waals surface area contributed by atoms with E-state index in [2.05, 4.69) is 35.3 Å². The summed E-state index contributed by atoms with van der Waals surface area (Å²) >= 11 is 0. The van der Waals surface area contributed by atoms with Gasteiger partial charge in [-0.1, -0.05) is 18.2 Å². The number of benzene rings is 1. The fourth-order valence-corrected chi connectivity index (χ4v) is 3.31. The van der Waals surface area contributed by atoms with Crippen LogP contribution in [0, 0.1) is 6.92 Å². The van der Waals surface area contributed by atoms with E-state index < -0.39 is 0 Å². The number of fused-ring (bicyclic) bond motifs is 1. The Morgan fingerprint density at radius 1 is 1.24 bits per heavy atom. The normalized spacial score (nSPS) is 22.4. The Balaban J connectivity index is 1.76. The first kappa shape index (κ1) is 11.2. The molecule has 1 aromatic rings. The molecule has 1 saturated heterocycles. The van der Waals surface area contributed by atoms with Crippen LogP contribution >= 0.6 is 0 Å². The molecule has 2 aliphatic rings. The molecule has 0 aliphatic carbocycles. The molecular formula is C15H22N2. The third-order valence-corrected chi connectivity index (χ3v) is 4.35. The molecule has 0 amide bonds. The van der Waals surface area contributed by atoms with E-state index in [9.17, 15) is 0 Å². The molecule has 2 nitrogen and oxygen atoms in total. The van der Waals surface area contributed by atoms with Gasteiger partial charge in [-0.05, 0) is 56.0 Å². The maximum absolute atomic E-state index is 3.46. The fraction of sp³-hybridized carbons (Fsp3) is 0.600. The number of hydrogen-bond donors (Lipinski definition) is 1. The maximum atomic E-state index is 3.46. The minimum Gasteiger partial charge on any atom is -0.317 e. The Morgan fingerprint density at radius 2 is 2.06 bits per heavy atom. The van der Waals surface area contributed by atoms with Gasteiger partial charge in [0.2, 0.25) is 0 Å². The van der Waals surface area contributed by atoms with Gasteiger partial charge in [-0.3, -0.25) is 4.90 Å². The lowest BCUT2D eigenvalue weighted by atomic mass is 9.93. The highest BCUT2D eigenvalue weighted by Crippen LogP contribution is 2.25. The zero-order valence-electron chi connectivity index (χ0n) is 10.7. The molecule has 3 rings (SSSR count). The summed E-state index contributed by atoms with van der Waals surface area (Å²) in [5.74, 6) is 0. The quantitative estimate of drug-likeness (QED) is 0.795. The average Bonchev–Trinajstić information content (AvgIpc) is 2.40. The van der Waals surface area contributed by atoms with Gasteiger partial charge in [-0.2, -0.15) is 0 Å². The first-order valence-corrected chi connectivity index (χ1v) is 6.87. The van der Waals surface area contributed by atoms with Gasteiger partial charge in [0, 0.05) is 19.1 Å². The largest absolute Gasteiger partial charge is 0.317 e. The molecule has 0 spiro atoms. The van der Waals surface area contributed by atoms with E-state index >= 15 is 0 Å². The highest BCUT2D eigenvalue weighted by atomic mass is 15.2. The number of rotatable bonds is 1. The van der Waals surface area contributed by atoms with Crippen molar-refractivity contribution in [2.45, 2.75) is 38.8 Å². The lowest BCUT2D eigenvalue weighted by molar-refractivity contribution is 0.147. The molecule has 1 N–H and O–H groups in total. The molecule has 92 valence electrons. The highest BCUT2D eigenvalue weighted by molar-refractivity contribution is 5.36. The molecule has 0 radical (unpaired) electrons. The van der Waals surface area contributed by atoms with Crippen LogP contribution in [0.3, 0.4) is 0 Å². The summed E-state index contributed by atoms with van der Waals surface area (Å²) in [6.45, 7) is 7.06. The van der Waals surface area contributed by atoms with Crippen LogP contribution in [0.5, 0.6) is 0 Å². The maximum Gasteiger partial charge on any atom is 0.0239 e. The Hall–Kier alpha value is -0.860. The molecule has 1 fully saturated rings. The summed E-state index contributed by atoms with van der Waals surface area (Å²) in [4.78, 5) is 2.70. The van der Waals surface area contributed by atoms with Crippen molar-refractivity contribution in [2.24, 2.45) is 0 Å². The summed E-state index contributed by atoms with van der Waals surface area (Å²) in [6.07, 6.45) is 3.88. The Bertz CT molecular complexity index is 394. The van der Waals surface area contributed by atoms with Crippen LogP contribution in [0.15, 0.2) is 18.2 Å². The van der Waals surface area contributed by atoms with E-state index in [1.165, 1.54) is 51.0 Å². The fourth-order valence-electron chi connectivity index (χ4n) is 3.31. The summed E-state index contributed by atoms with van der Waals surface area (Å²) < 4.78 is 0. The summed E-state index contributed by atoms with van der Waals surface area (Å²) in [7, 11) is 0.